The fourth-order valence-electron chi connectivity index (χ4n) is 2.06. The first-order valence-electron chi connectivity index (χ1n) is 6.11. The van der Waals surface area contributed by atoms with E-state index in [2.05, 4.69) is 4.98 Å². The van der Waals surface area contributed by atoms with E-state index < -0.39 is 0 Å². The number of ether oxygens (including phenoxy) is 1. The lowest BCUT2D eigenvalue weighted by Gasteiger charge is -2.09. The number of nitrogen functional groups attached to an aromatic ring is 1. The van der Waals surface area contributed by atoms with Crippen LogP contribution in [0.5, 0.6) is 11.5 Å². The molecule has 94 valence electrons. The summed E-state index contributed by atoms with van der Waals surface area (Å²) in [5, 5.41) is 0.944. The van der Waals surface area contributed by atoms with Gasteiger partial charge < -0.3 is 10.5 Å². The Balaban J connectivity index is 2.02. The van der Waals surface area contributed by atoms with Crippen LogP contribution in [0.3, 0.4) is 0 Å². The van der Waals surface area contributed by atoms with Gasteiger partial charge in [-0.15, -0.1) is 0 Å². The van der Waals surface area contributed by atoms with Gasteiger partial charge in [0.2, 0.25) is 0 Å². The molecule has 3 heteroatoms. The third-order valence-corrected chi connectivity index (χ3v) is 2.95. The maximum absolute atomic E-state index is 6.02. The van der Waals surface area contributed by atoms with Gasteiger partial charge >= 0.3 is 0 Å². The highest BCUT2D eigenvalue weighted by Crippen LogP contribution is 2.29. The Hall–Kier alpha value is -2.55. The number of aryl methyl sites for hydroxylation is 1. The van der Waals surface area contributed by atoms with Crippen molar-refractivity contribution in [3.05, 3.63) is 60.3 Å². The fourth-order valence-corrected chi connectivity index (χ4v) is 2.06. The van der Waals surface area contributed by atoms with E-state index >= 15 is 0 Å². The van der Waals surface area contributed by atoms with Gasteiger partial charge in [0, 0.05) is 29.4 Å². The first-order valence-corrected chi connectivity index (χ1v) is 6.11. The number of nitrogens with two attached hydrogens (primary N) is 1. The maximum atomic E-state index is 6.02. The van der Waals surface area contributed by atoms with Crippen LogP contribution >= 0.6 is 0 Å². The van der Waals surface area contributed by atoms with Crippen LogP contribution in [0.25, 0.3) is 10.9 Å². The molecule has 0 radical (unpaired) electrons. The Labute approximate surface area is 111 Å². The molecule has 0 aliphatic rings. The number of hydrogen-bond acceptors (Lipinski definition) is 3. The zero-order valence-corrected chi connectivity index (χ0v) is 10.6. The van der Waals surface area contributed by atoms with Gasteiger partial charge in [-0.1, -0.05) is 12.1 Å². The Kier molecular flexibility index (Phi) is 2.80. The van der Waals surface area contributed by atoms with E-state index in [4.69, 9.17) is 10.5 Å². The second-order valence-corrected chi connectivity index (χ2v) is 4.50. The zero-order valence-electron chi connectivity index (χ0n) is 10.6. The summed E-state index contributed by atoms with van der Waals surface area (Å²) < 4.78 is 5.83. The van der Waals surface area contributed by atoms with Gasteiger partial charge in [0.15, 0.2) is 0 Å². The van der Waals surface area contributed by atoms with E-state index in [1.165, 1.54) is 0 Å². The molecule has 2 aromatic carbocycles. The number of pyridine rings is 1. The standard InChI is InChI=1S/C16H14N2O/c1-11-4-2-5-12(8-11)19-13-9-15(17)14-6-3-7-18-16(14)10-13/h2-10H,17H2,1H3. The van der Waals surface area contributed by atoms with E-state index in [1.54, 1.807) is 6.20 Å². The SMILES string of the molecule is Cc1cccc(Oc2cc(N)c3cccnc3c2)c1. The minimum absolute atomic E-state index is 0.674. The number of fused-ring (bicyclic) bond motifs is 1. The summed E-state index contributed by atoms with van der Waals surface area (Å²) in [6.07, 6.45) is 1.75. The maximum Gasteiger partial charge on any atom is 0.131 e. The van der Waals surface area contributed by atoms with Crippen molar-refractivity contribution in [3.8, 4) is 11.5 Å². The third kappa shape index (κ3) is 2.36. The lowest BCUT2D eigenvalue weighted by Crippen LogP contribution is -1.91. The Morgan fingerprint density at radius 2 is 1.89 bits per heavy atom. The molecule has 0 atom stereocenters. The summed E-state index contributed by atoms with van der Waals surface area (Å²) in [5.74, 6) is 1.50. The van der Waals surface area contributed by atoms with Crippen LogP contribution < -0.4 is 10.5 Å². The average molecular weight is 250 g/mol. The molecule has 19 heavy (non-hydrogen) atoms. The molecule has 3 nitrogen and oxygen atoms in total. The van der Waals surface area contributed by atoms with Gasteiger partial charge in [0.1, 0.15) is 11.5 Å². The fraction of sp³-hybridized carbons (Fsp3) is 0.0625. The van der Waals surface area contributed by atoms with Crippen LogP contribution in [-0.2, 0) is 0 Å². The number of aromatic nitrogens is 1. The zero-order chi connectivity index (χ0) is 13.2. The topological polar surface area (TPSA) is 48.1 Å². The van der Waals surface area contributed by atoms with Crippen molar-refractivity contribution >= 4 is 16.6 Å². The van der Waals surface area contributed by atoms with Crippen molar-refractivity contribution in [1.82, 2.24) is 4.98 Å². The molecule has 2 N–H and O–H groups in total. The molecule has 0 aliphatic heterocycles. The molecule has 0 fully saturated rings. The summed E-state index contributed by atoms with van der Waals surface area (Å²) in [6, 6.07) is 15.5. The van der Waals surface area contributed by atoms with Crippen LogP contribution in [0, 0.1) is 6.92 Å². The molecule has 0 bridgehead atoms. The second kappa shape index (κ2) is 4.61. The van der Waals surface area contributed by atoms with Crippen molar-refractivity contribution < 1.29 is 4.74 Å². The van der Waals surface area contributed by atoms with Gasteiger partial charge in [0.25, 0.3) is 0 Å². The summed E-state index contributed by atoms with van der Waals surface area (Å²) in [5.41, 5.74) is 8.69. The molecular formula is C16H14N2O. The minimum atomic E-state index is 0.674. The Bertz CT molecular complexity index is 738. The molecule has 0 spiro atoms. The second-order valence-electron chi connectivity index (χ2n) is 4.50. The van der Waals surface area contributed by atoms with Crippen molar-refractivity contribution in [2.24, 2.45) is 0 Å². The average Bonchev–Trinajstić information content (AvgIpc) is 2.39. The molecule has 0 saturated carbocycles. The van der Waals surface area contributed by atoms with Crippen LogP contribution in [0.4, 0.5) is 5.69 Å². The number of benzene rings is 2. The predicted molar refractivity (Wildman–Crippen MR) is 77.4 cm³/mol. The molecule has 0 unspecified atom stereocenters. The Morgan fingerprint density at radius 3 is 2.74 bits per heavy atom. The van der Waals surface area contributed by atoms with E-state index in [0.29, 0.717) is 11.4 Å². The third-order valence-electron chi connectivity index (χ3n) is 2.95. The van der Waals surface area contributed by atoms with E-state index in [-0.39, 0.29) is 0 Å². The van der Waals surface area contributed by atoms with Crippen LogP contribution in [-0.4, -0.2) is 4.98 Å². The van der Waals surface area contributed by atoms with Crippen molar-refractivity contribution in [2.45, 2.75) is 6.92 Å². The monoisotopic (exact) mass is 250 g/mol. The van der Waals surface area contributed by atoms with Crippen molar-refractivity contribution in [1.29, 1.82) is 0 Å². The van der Waals surface area contributed by atoms with Gasteiger partial charge in [-0.3, -0.25) is 4.98 Å². The van der Waals surface area contributed by atoms with Crippen LogP contribution in [0.1, 0.15) is 5.56 Å². The smallest absolute Gasteiger partial charge is 0.131 e. The first-order chi connectivity index (χ1) is 9.22. The summed E-state index contributed by atoms with van der Waals surface area (Å²) in [6.45, 7) is 2.03. The highest BCUT2D eigenvalue weighted by Gasteiger charge is 2.04. The molecule has 0 saturated heterocycles. The minimum Gasteiger partial charge on any atom is -0.457 e. The van der Waals surface area contributed by atoms with E-state index in [9.17, 15) is 0 Å². The highest BCUT2D eigenvalue weighted by molar-refractivity contribution is 5.91. The lowest BCUT2D eigenvalue weighted by atomic mass is 10.2. The molecule has 1 aromatic heterocycles. The molecule has 3 aromatic rings. The number of nitrogens with zero attached hydrogens (tertiary/aromatic N) is 1. The molecule has 3 rings (SSSR count). The predicted octanol–water partition coefficient (Wildman–Crippen LogP) is 3.92. The first kappa shape index (κ1) is 11.5. The molecule has 0 aliphatic carbocycles. The quantitative estimate of drug-likeness (QED) is 0.701. The normalized spacial score (nSPS) is 10.6. The summed E-state index contributed by atoms with van der Waals surface area (Å²) in [4.78, 5) is 4.30. The van der Waals surface area contributed by atoms with Crippen molar-refractivity contribution in [3.63, 3.8) is 0 Å². The highest BCUT2D eigenvalue weighted by atomic mass is 16.5. The molecular weight excluding hydrogens is 236 g/mol. The van der Waals surface area contributed by atoms with Gasteiger partial charge in [0.05, 0.1) is 5.52 Å². The van der Waals surface area contributed by atoms with Gasteiger partial charge in [-0.25, -0.2) is 0 Å². The van der Waals surface area contributed by atoms with Crippen LogP contribution in [0.2, 0.25) is 0 Å². The number of rotatable bonds is 2. The van der Waals surface area contributed by atoms with E-state index in [0.717, 1.165) is 22.2 Å². The number of anilines is 1. The Morgan fingerprint density at radius 1 is 1.00 bits per heavy atom. The van der Waals surface area contributed by atoms with E-state index in [1.807, 2.05) is 55.5 Å². The summed E-state index contributed by atoms with van der Waals surface area (Å²) in [7, 11) is 0. The van der Waals surface area contributed by atoms with Crippen LogP contribution in [0.15, 0.2) is 54.7 Å². The van der Waals surface area contributed by atoms with Gasteiger partial charge in [-0.2, -0.15) is 0 Å². The van der Waals surface area contributed by atoms with Crippen molar-refractivity contribution in [2.75, 3.05) is 5.73 Å². The number of hydrogen-bond donors (Lipinski definition) is 1. The summed E-state index contributed by atoms with van der Waals surface area (Å²) >= 11 is 0. The molecule has 0 amide bonds. The lowest BCUT2D eigenvalue weighted by molar-refractivity contribution is 0.483. The van der Waals surface area contributed by atoms with Gasteiger partial charge in [-0.05, 0) is 36.8 Å². The molecule has 1 heterocycles. The largest absolute Gasteiger partial charge is 0.457 e.